The van der Waals surface area contributed by atoms with Gasteiger partial charge in [-0.3, -0.25) is 10.1 Å². The number of alkyl halides is 3. The van der Waals surface area contributed by atoms with E-state index in [2.05, 4.69) is 5.32 Å². The van der Waals surface area contributed by atoms with Crippen molar-refractivity contribution in [3.05, 3.63) is 65.2 Å². The standard InChI is InChI=1S/C26H32F3N3O3S/c1-4-19(3)23-24(33)32(17-20-6-5-7-21(16-20)26(27,28)29)25(30-23)12-14-31(15-13-25)36(34,35)22-10-8-18(2)9-11-22/h5-11,16,19,23,30H,4,12-15,17H2,1-3H3/t19-,23+/m0/s1. The van der Waals surface area contributed by atoms with E-state index >= 15 is 0 Å². The van der Waals surface area contributed by atoms with Crippen molar-refractivity contribution >= 4 is 15.9 Å². The van der Waals surface area contributed by atoms with Gasteiger partial charge in [0, 0.05) is 19.6 Å². The molecule has 4 rings (SSSR count). The van der Waals surface area contributed by atoms with Gasteiger partial charge < -0.3 is 4.90 Å². The summed E-state index contributed by atoms with van der Waals surface area (Å²) in [5.41, 5.74) is -0.231. The van der Waals surface area contributed by atoms with Crippen LogP contribution in [0.1, 0.15) is 49.8 Å². The van der Waals surface area contributed by atoms with Gasteiger partial charge in [0.25, 0.3) is 0 Å². The Bertz CT molecular complexity index is 1210. The van der Waals surface area contributed by atoms with Gasteiger partial charge >= 0.3 is 6.18 Å². The summed E-state index contributed by atoms with van der Waals surface area (Å²) in [5.74, 6) is -0.133. The number of nitrogens with one attached hydrogen (secondary N) is 1. The number of benzene rings is 2. The molecule has 196 valence electrons. The van der Waals surface area contributed by atoms with Crippen molar-refractivity contribution in [2.75, 3.05) is 13.1 Å². The van der Waals surface area contributed by atoms with E-state index < -0.39 is 33.5 Å². The van der Waals surface area contributed by atoms with Crippen molar-refractivity contribution in [1.29, 1.82) is 0 Å². The second-order valence-corrected chi connectivity index (χ2v) is 11.8. The van der Waals surface area contributed by atoms with E-state index in [1.807, 2.05) is 20.8 Å². The molecular weight excluding hydrogens is 491 g/mol. The van der Waals surface area contributed by atoms with Crippen molar-refractivity contribution in [2.24, 2.45) is 5.92 Å². The summed E-state index contributed by atoms with van der Waals surface area (Å²) >= 11 is 0. The lowest BCUT2D eigenvalue weighted by Crippen LogP contribution is -2.59. The fraction of sp³-hybridized carbons (Fsp3) is 0.500. The van der Waals surface area contributed by atoms with Crippen LogP contribution in [0.5, 0.6) is 0 Å². The largest absolute Gasteiger partial charge is 0.416 e. The molecule has 1 spiro atoms. The number of aryl methyl sites for hydroxylation is 1. The van der Waals surface area contributed by atoms with E-state index in [0.29, 0.717) is 18.4 Å². The lowest BCUT2D eigenvalue weighted by Gasteiger charge is -2.44. The lowest BCUT2D eigenvalue weighted by molar-refractivity contribution is -0.137. The topological polar surface area (TPSA) is 69.7 Å². The highest BCUT2D eigenvalue weighted by atomic mass is 32.2. The normalized spacial score (nSPS) is 21.8. The summed E-state index contributed by atoms with van der Waals surface area (Å²) < 4.78 is 67.7. The highest BCUT2D eigenvalue weighted by molar-refractivity contribution is 7.89. The number of sulfonamides is 1. The van der Waals surface area contributed by atoms with Gasteiger partial charge in [0.05, 0.1) is 22.2 Å². The molecule has 0 radical (unpaired) electrons. The summed E-state index contributed by atoms with van der Waals surface area (Å²) in [4.78, 5) is 15.4. The molecule has 2 aliphatic heterocycles. The van der Waals surface area contributed by atoms with E-state index in [9.17, 15) is 26.4 Å². The van der Waals surface area contributed by atoms with Crippen LogP contribution in [-0.2, 0) is 27.5 Å². The van der Waals surface area contributed by atoms with Crippen molar-refractivity contribution in [3.63, 3.8) is 0 Å². The first-order chi connectivity index (χ1) is 16.9. The van der Waals surface area contributed by atoms with Gasteiger partial charge in [-0.2, -0.15) is 17.5 Å². The first-order valence-corrected chi connectivity index (χ1v) is 13.6. The fourth-order valence-corrected chi connectivity index (χ4v) is 6.50. The molecule has 2 atom stereocenters. The minimum Gasteiger partial charge on any atom is -0.319 e. The minimum atomic E-state index is -4.48. The zero-order valence-corrected chi connectivity index (χ0v) is 21.5. The van der Waals surface area contributed by atoms with Crippen LogP contribution in [0.15, 0.2) is 53.4 Å². The zero-order chi connectivity index (χ0) is 26.3. The van der Waals surface area contributed by atoms with Crippen molar-refractivity contribution in [3.8, 4) is 0 Å². The lowest BCUT2D eigenvalue weighted by atomic mass is 9.96. The number of carbonyl (C=O) groups excluding carboxylic acids is 1. The van der Waals surface area contributed by atoms with E-state index in [1.165, 1.54) is 10.4 Å². The van der Waals surface area contributed by atoms with Crippen LogP contribution in [0.25, 0.3) is 0 Å². The maximum absolute atomic E-state index is 13.5. The summed E-state index contributed by atoms with van der Waals surface area (Å²) in [5, 5.41) is 3.47. The van der Waals surface area contributed by atoms with Gasteiger partial charge in [0.2, 0.25) is 15.9 Å². The van der Waals surface area contributed by atoms with Crippen LogP contribution in [0.4, 0.5) is 13.2 Å². The molecule has 0 bridgehead atoms. The zero-order valence-electron chi connectivity index (χ0n) is 20.7. The molecule has 2 aromatic carbocycles. The molecule has 0 aromatic heterocycles. The molecule has 6 nitrogen and oxygen atoms in total. The molecule has 2 aromatic rings. The highest BCUT2D eigenvalue weighted by Gasteiger charge is 2.53. The molecule has 0 aliphatic carbocycles. The van der Waals surface area contributed by atoms with E-state index in [0.717, 1.165) is 24.1 Å². The maximum atomic E-state index is 13.5. The number of nitrogens with zero attached hydrogens (tertiary/aromatic N) is 2. The predicted octanol–water partition coefficient (Wildman–Crippen LogP) is 4.54. The Balaban J connectivity index is 1.60. The molecule has 2 saturated heterocycles. The number of hydrogen-bond acceptors (Lipinski definition) is 4. The number of halogens is 3. The maximum Gasteiger partial charge on any atom is 0.416 e. The molecule has 0 unspecified atom stereocenters. The van der Waals surface area contributed by atoms with Gasteiger partial charge in [-0.15, -0.1) is 0 Å². The Morgan fingerprint density at radius 1 is 1.11 bits per heavy atom. The van der Waals surface area contributed by atoms with E-state index in [1.54, 1.807) is 35.2 Å². The summed E-state index contributed by atoms with van der Waals surface area (Å²) in [6.07, 6.45) is -3.04. The second kappa shape index (κ2) is 9.79. The van der Waals surface area contributed by atoms with Crippen LogP contribution in [-0.4, -0.2) is 48.3 Å². The number of amides is 1. The van der Waals surface area contributed by atoms with Gasteiger partial charge in [-0.25, -0.2) is 8.42 Å². The van der Waals surface area contributed by atoms with Crippen LogP contribution in [0, 0.1) is 12.8 Å². The smallest absolute Gasteiger partial charge is 0.319 e. The fourth-order valence-electron chi connectivity index (χ4n) is 5.06. The van der Waals surface area contributed by atoms with Crippen LogP contribution in [0.3, 0.4) is 0 Å². The van der Waals surface area contributed by atoms with Crippen molar-refractivity contribution in [1.82, 2.24) is 14.5 Å². The third kappa shape index (κ3) is 5.03. The molecule has 2 aliphatic rings. The van der Waals surface area contributed by atoms with Crippen LogP contribution < -0.4 is 5.32 Å². The van der Waals surface area contributed by atoms with Crippen molar-refractivity contribution in [2.45, 2.75) is 69.4 Å². The van der Waals surface area contributed by atoms with Crippen molar-refractivity contribution < 1.29 is 26.4 Å². The third-order valence-electron chi connectivity index (χ3n) is 7.49. The Morgan fingerprint density at radius 2 is 1.75 bits per heavy atom. The Morgan fingerprint density at radius 3 is 2.33 bits per heavy atom. The SMILES string of the molecule is CC[C@H](C)[C@H]1NC2(CCN(S(=O)(=O)c3ccc(C)cc3)CC2)N(Cc2cccc(C(F)(F)F)c2)C1=O. The molecule has 10 heteroatoms. The molecule has 0 saturated carbocycles. The average molecular weight is 524 g/mol. The Labute approximate surface area is 210 Å². The van der Waals surface area contributed by atoms with Gasteiger partial charge in [-0.05, 0) is 55.5 Å². The summed E-state index contributed by atoms with van der Waals surface area (Å²) in [7, 11) is -3.69. The molecule has 2 heterocycles. The first kappa shape index (κ1) is 26.6. The monoisotopic (exact) mass is 523 g/mol. The second-order valence-electron chi connectivity index (χ2n) is 9.88. The van der Waals surface area contributed by atoms with Crippen LogP contribution >= 0.6 is 0 Å². The molecular formula is C26H32F3N3O3S. The quantitative estimate of drug-likeness (QED) is 0.604. The predicted molar refractivity (Wildman–Crippen MR) is 130 cm³/mol. The van der Waals surface area contributed by atoms with Gasteiger partial charge in [0.1, 0.15) is 0 Å². The van der Waals surface area contributed by atoms with E-state index in [4.69, 9.17) is 0 Å². The highest BCUT2D eigenvalue weighted by Crippen LogP contribution is 2.38. The van der Waals surface area contributed by atoms with Crippen LogP contribution in [0.2, 0.25) is 0 Å². The Kier molecular flexibility index (Phi) is 7.24. The number of piperidine rings is 1. The molecule has 2 fully saturated rings. The number of carbonyl (C=O) groups is 1. The minimum absolute atomic E-state index is 0.0212. The number of hydrogen-bond donors (Lipinski definition) is 1. The molecule has 1 N–H and O–H groups in total. The molecule has 1 amide bonds. The third-order valence-corrected chi connectivity index (χ3v) is 9.40. The average Bonchev–Trinajstić information content (AvgIpc) is 3.10. The Hall–Kier alpha value is -2.43. The number of rotatable bonds is 6. The first-order valence-electron chi connectivity index (χ1n) is 12.2. The summed E-state index contributed by atoms with van der Waals surface area (Å²) in [6.45, 7) is 6.25. The van der Waals surface area contributed by atoms with Gasteiger partial charge in [-0.1, -0.05) is 50.1 Å². The van der Waals surface area contributed by atoms with E-state index in [-0.39, 0.29) is 36.4 Å². The van der Waals surface area contributed by atoms with Gasteiger partial charge in [0.15, 0.2) is 0 Å². The molecule has 36 heavy (non-hydrogen) atoms. The summed E-state index contributed by atoms with van der Waals surface area (Å²) in [6, 6.07) is 11.2.